The van der Waals surface area contributed by atoms with Gasteiger partial charge in [-0.15, -0.1) is 0 Å². The Kier molecular flexibility index (Phi) is 7.24. The summed E-state index contributed by atoms with van der Waals surface area (Å²) < 4.78 is 4.74. The van der Waals surface area contributed by atoms with Crippen LogP contribution in [-0.2, 0) is 9.53 Å². The van der Waals surface area contributed by atoms with Gasteiger partial charge in [-0.1, -0.05) is 6.92 Å². The van der Waals surface area contributed by atoms with Crippen molar-refractivity contribution in [2.45, 2.75) is 50.8 Å². The van der Waals surface area contributed by atoms with E-state index in [2.05, 4.69) is 0 Å². The molecule has 0 amide bonds. The van der Waals surface area contributed by atoms with E-state index in [1.807, 2.05) is 0 Å². The van der Waals surface area contributed by atoms with Crippen molar-refractivity contribution in [1.29, 1.82) is 0 Å². The highest BCUT2D eigenvalue weighted by Gasteiger charge is 2.35. The molecule has 0 saturated heterocycles. The lowest BCUT2D eigenvalue weighted by atomic mass is 10.0. The standard InChI is InChI=1S/C10H20O7/c1-3-5(2)17-10(16)9(15)8(14)7(13)6(12)4-11/h5-9,11-15H,3-4H2,1-2H3. The van der Waals surface area contributed by atoms with E-state index in [1.165, 1.54) is 0 Å². The predicted octanol–water partition coefficient (Wildman–Crippen LogP) is -2.24. The fraction of sp³-hybridized carbons (Fsp3) is 0.900. The summed E-state index contributed by atoms with van der Waals surface area (Å²) in [6, 6.07) is 0. The Morgan fingerprint density at radius 2 is 1.71 bits per heavy atom. The molecule has 0 fully saturated rings. The number of carbonyl (C=O) groups excluding carboxylic acids is 1. The SMILES string of the molecule is CCC(C)OC(=O)C(O)C(O)C(O)C(O)CO. The van der Waals surface area contributed by atoms with Crippen LogP contribution in [0, 0.1) is 0 Å². The molecule has 17 heavy (non-hydrogen) atoms. The average Bonchev–Trinajstić information content (AvgIpc) is 2.34. The zero-order valence-electron chi connectivity index (χ0n) is 9.85. The topological polar surface area (TPSA) is 127 Å². The molecule has 0 aromatic carbocycles. The Labute approximate surface area is 99.3 Å². The molecule has 0 rings (SSSR count). The highest BCUT2D eigenvalue weighted by molar-refractivity contribution is 5.75. The van der Waals surface area contributed by atoms with Crippen LogP contribution in [0.3, 0.4) is 0 Å². The Morgan fingerprint density at radius 3 is 2.12 bits per heavy atom. The maximum Gasteiger partial charge on any atom is 0.338 e. The summed E-state index contributed by atoms with van der Waals surface area (Å²) in [5, 5.41) is 45.6. The summed E-state index contributed by atoms with van der Waals surface area (Å²) in [5.74, 6) is -1.09. The number of carbonyl (C=O) groups is 1. The molecule has 0 saturated carbocycles. The number of esters is 1. The Balaban J connectivity index is 4.38. The lowest BCUT2D eigenvalue weighted by molar-refractivity contribution is -0.174. The highest BCUT2D eigenvalue weighted by Crippen LogP contribution is 2.08. The summed E-state index contributed by atoms with van der Waals surface area (Å²) in [6.45, 7) is 2.58. The van der Waals surface area contributed by atoms with Gasteiger partial charge in [-0.25, -0.2) is 4.79 Å². The van der Waals surface area contributed by atoms with E-state index >= 15 is 0 Å². The molecule has 5 atom stereocenters. The van der Waals surface area contributed by atoms with Crippen molar-refractivity contribution in [3.8, 4) is 0 Å². The van der Waals surface area contributed by atoms with Crippen molar-refractivity contribution in [1.82, 2.24) is 0 Å². The summed E-state index contributed by atoms with van der Waals surface area (Å²) >= 11 is 0. The Hall–Kier alpha value is -0.730. The van der Waals surface area contributed by atoms with Crippen LogP contribution in [0.25, 0.3) is 0 Å². The van der Waals surface area contributed by atoms with Crippen molar-refractivity contribution < 1.29 is 35.1 Å². The van der Waals surface area contributed by atoms with Gasteiger partial charge in [0.1, 0.15) is 18.3 Å². The van der Waals surface area contributed by atoms with Gasteiger partial charge in [0.05, 0.1) is 12.7 Å². The molecule has 0 aromatic rings. The second kappa shape index (κ2) is 7.57. The molecule has 5 N–H and O–H groups in total. The number of hydrogen-bond acceptors (Lipinski definition) is 7. The number of aliphatic hydroxyl groups excluding tert-OH is 5. The lowest BCUT2D eigenvalue weighted by Crippen LogP contribution is -2.49. The van der Waals surface area contributed by atoms with Gasteiger partial charge in [-0.05, 0) is 13.3 Å². The first-order chi connectivity index (χ1) is 7.84. The highest BCUT2D eigenvalue weighted by atomic mass is 16.6. The van der Waals surface area contributed by atoms with Gasteiger partial charge < -0.3 is 30.3 Å². The van der Waals surface area contributed by atoms with E-state index in [4.69, 9.17) is 14.9 Å². The lowest BCUT2D eigenvalue weighted by Gasteiger charge is -2.25. The van der Waals surface area contributed by atoms with Gasteiger partial charge in [0.2, 0.25) is 0 Å². The zero-order chi connectivity index (χ0) is 13.6. The van der Waals surface area contributed by atoms with Crippen LogP contribution in [0.1, 0.15) is 20.3 Å². The first-order valence-corrected chi connectivity index (χ1v) is 5.38. The van der Waals surface area contributed by atoms with E-state index in [1.54, 1.807) is 13.8 Å². The zero-order valence-corrected chi connectivity index (χ0v) is 9.85. The molecule has 0 aromatic heterocycles. The molecule has 102 valence electrons. The third-order valence-corrected chi connectivity index (χ3v) is 2.39. The third kappa shape index (κ3) is 4.97. The fourth-order valence-corrected chi connectivity index (χ4v) is 1.01. The second-order valence-corrected chi connectivity index (χ2v) is 3.83. The van der Waals surface area contributed by atoms with Crippen LogP contribution in [0.4, 0.5) is 0 Å². The van der Waals surface area contributed by atoms with Crippen LogP contribution < -0.4 is 0 Å². The van der Waals surface area contributed by atoms with Crippen LogP contribution in [-0.4, -0.2) is 68.6 Å². The van der Waals surface area contributed by atoms with Gasteiger partial charge >= 0.3 is 5.97 Å². The average molecular weight is 252 g/mol. The molecule has 0 aliphatic rings. The summed E-state index contributed by atoms with van der Waals surface area (Å²) in [5.41, 5.74) is 0. The maximum absolute atomic E-state index is 11.3. The van der Waals surface area contributed by atoms with Crippen LogP contribution in [0.15, 0.2) is 0 Å². The predicted molar refractivity (Wildman–Crippen MR) is 57.0 cm³/mol. The second-order valence-electron chi connectivity index (χ2n) is 3.83. The largest absolute Gasteiger partial charge is 0.461 e. The van der Waals surface area contributed by atoms with Crippen molar-refractivity contribution in [2.24, 2.45) is 0 Å². The van der Waals surface area contributed by atoms with Crippen LogP contribution in [0.2, 0.25) is 0 Å². The molecule has 0 aliphatic heterocycles. The van der Waals surface area contributed by atoms with Gasteiger partial charge in [0.25, 0.3) is 0 Å². The van der Waals surface area contributed by atoms with Gasteiger partial charge in [-0.3, -0.25) is 0 Å². The van der Waals surface area contributed by atoms with Crippen LogP contribution in [0.5, 0.6) is 0 Å². The number of ether oxygens (including phenoxy) is 1. The minimum atomic E-state index is -1.97. The van der Waals surface area contributed by atoms with Crippen molar-refractivity contribution in [3.05, 3.63) is 0 Å². The third-order valence-electron chi connectivity index (χ3n) is 2.39. The quantitative estimate of drug-likeness (QED) is 0.324. The van der Waals surface area contributed by atoms with Gasteiger partial charge in [-0.2, -0.15) is 0 Å². The van der Waals surface area contributed by atoms with E-state index in [0.29, 0.717) is 6.42 Å². The molecule has 0 heterocycles. The molecule has 0 aliphatic carbocycles. The maximum atomic E-state index is 11.3. The fourth-order valence-electron chi connectivity index (χ4n) is 1.01. The molecule has 7 nitrogen and oxygen atoms in total. The Morgan fingerprint density at radius 1 is 1.18 bits per heavy atom. The summed E-state index contributed by atoms with van der Waals surface area (Å²) in [6.07, 6.45) is -7.26. The molecule has 0 radical (unpaired) electrons. The van der Waals surface area contributed by atoms with E-state index in [9.17, 15) is 20.1 Å². The molecular weight excluding hydrogens is 232 g/mol. The number of rotatable bonds is 7. The first kappa shape index (κ1) is 16.3. The Bertz CT molecular complexity index is 233. The molecular formula is C10H20O7. The molecule has 0 spiro atoms. The van der Waals surface area contributed by atoms with E-state index in [0.717, 1.165) is 0 Å². The molecule has 0 bridgehead atoms. The number of aliphatic hydroxyl groups is 5. The monoisotopic (exact) mass is 252 g/mol. The minimum Gasteiger partial charge on any atom is -0.461 e. The van der Waals surface area contributed by atoms with Crippen molar-refractivity contribution in [2.75, 3.05) is 6.61 Å². The van der Waals surface area contributed by atoms with Gasteiger partial charge in [0, 0.05) is 0 Å². The van der Waals surface area contributed by atoms with Gasteiger partial charge in [0.15, 0.2) is 6.10 Å². The van der Waals surface area contributed by atoms with E-state index in [-0.39, 0.29) is 0 Å². The van der Waals surface area contributed by atoms with Crippen LogP contribution >= 0.6 is 0 Å². The molecule has 5 unspecified atom stereocenters. The first-order valence-electron chi connectivity index (χ1n) is 5.38. The van der Waals surface area contributed by atoms with Crippen molar-refractivity contribution in [3.63, 3.8) is 0 Å². The summed E-state index contributed by atoms with van der Waals surface area (Å²) in [4.78, 5) is 11.3. The van der Waals surface area contributed by atoms with E-state index < -0.39 is 43.1 Å². The smallest absolute Gasteiger partial charge is 0.338 e. The normalized spacial score (nSPS) is 20.2. The number of hydrogen-bond donors (Lipinski definition) is 5. The van der Waals surface area contributed by atoms with Crippen molar-refractivity contribution >= 4 is 5.97 Å². The summed E-state index contributed by atoms with van der Waals surface area (Å²) in [7, 11) is 0. The minimum absolute atomic E-state index is 0.427. The molecule has 7 heteroatoms.